The van der Waals surface area contributed by atoms with Gasteiger partial charge in [0.2, 0.25) is 0 Å². The van der Waals surface area contributed by atoms with Crippen molar-refractivity contribution in [3.63, 3.8) is 0 Å². The molecule has 6 atom stereocenters. The number of fused-ring (bicyclic) bond motifs is 1. The third-order valence-corrected chi connectivity index (χ3v) is 18.9. The molecule has 6 rings (SSSR count). The van der Waals surface area contributed by atoms with E-state index in [1.807, 2.05) is 62.3 Å². The summed E-state index contributed by atoms with van der Waals surface area (Å²) in [5.41, 5.74) is -1.85. The summed E-state index contributed by atoms with van der Waals surface area (Å²) in [6, 6.07) is 0. The van der Waals surface area contributed by atoms with Crippen LogP contribution in [0.1, 0.15) is 228 Å². The quantitative estimate of drug-likeness (QED) is 0.0802. The second-order valence-corrected chi connectivity index (χ2v) is 28.3. The van der Waals surface area contributed by atoms with Gasteiger partial charge in [-0.3, -0.25) is 28.2 Å². The number of esters is 6. The van der Waals surface area contributed by atoms with E-state index in [1.54, 1.807) is 13.8 Å². The summed E-state index contributed by atoms with van der Waals surface area (Å²) in [6.45, 7) is 38.4. The van der Waals surface area contributed by atoms with E-state index in [0.717, 1.165) is 44.9 Å². The molecule has 4 saturated carbocycles. The maximum atomic E-state index is 12.5. The normalized spacial score (nSPS) is 26.9. The Balaban J connectivity index is 0.000000262. The van der Waals surface area contributed by atoms with E-state index in [1.165, 1.54) is 19.3 Å². The highest BCUT2D eigenvalue weighted by Crippen LogP contribution is 2.56. The van der Waals surface area contributed by atoms with Crippen LogP contribution in [0.2, 0.25) is 0 Å². The standard InChI is InChI=1S/C18H34O2.C15H22O7S.C14H26O2.C10H16O4/c1-9-17(7,8)14(19)20-18(10-2)12-15(3,4)11-16(5,6)13-18;1-4-15(2,3)14(17)20-7-11(16)21-12-8-5-9-10(6-8)23(18,19)22-13(9)12;1-6-13(4,5)12(15)16-14(11(2)3)9-7-8-10-14;1-4-10(2,3)9(12)14-7-5-8(11)13-6-7/h9-13H2,1-8H3;8-10,12-13H,4-7H2,1-3H3;11H,6-10H2,1-5H3;7H,4-6H2,1-3H3. The van der Waals surface area contributed by atoms with Gasteiger partial charge < -0.3 is 28.4 Å². The molecule has 4 aliphatic carbocycles. The predicted octanol–water partition coefficient (Wildman–Crippen LogP) is 11.6. The number of carbonyl (C=O) groups is 6. The minimum Gasteiger partial charge on any atom is -0.462 e. The molecule has 15 nitrogen and oxygen atoms in total. The summed E-state index contributed by atoms with van der Waals surface area (Å²) in [7, 11) is -3.53. The van der Waals surface area contributed by atoms with Crippen molar-refractivity contribution >= 4 is 45.9 Å². The molecule has 0 amide bonds. The number of cyclic esters (lactones) is 1. The van der Waals surface area contributed by atoms with Crippen molar-refractivity contribution in [2.45, 2.75) is 263 Å². The van der Waals surface area contributed by atoms with Crippen LogP contribution in [0.15, 0.2) is 0 Å². The number of hydrogen-bond donors (Lipinski definition) is 0. The second-order valence-electron chi connectivity index (χ2n) is 26.5. The molecule has 0 N–H and O–H groups in total. The monoisotopic (exact) mass is 1050 g/mol. The second kappa shape index (κ2) is 24.4. The average Bonchev–Trinajstić information content (AvgIpc) is 4.13. The molecule has 6 aliphatic rings. The van der Waals surface area contributed by atoms with E-state index in [2.05, 4.69) is 55.4 Å². The van der Waals surface area contributed by atoms with E-state index in [0.29, 0.717) is 31.6 Å². The summed E-state index contributed by atoms with van der Waals surface area (Å²) < 4.78 is 61.0. The molecule has 0 aromatic heterocycles. The highest BCUT2D eigenvalue weighted by molar-refractivity contribution is 7.87. The van der Waals surface area contributed by atoms with Gasteiger partial charge in [-0.05, 0) is 162 Å². The van der Waals surface area contributed by atoms with Gasteiger partial charge in [0.05, 0.1) is 33.3 Å². The van der Waals surface area contributed by atoms with Gasteiger partial charge in [0.1, 0.15) is 36.1 Å². The Kier molecular flexibility index (Phi) is 21.4. The first kappa shape index (κ1) is 64.0. The van der Waals surface area contributed by atoms with Crippen molar-refractivity contribution in [2.24, 2.45) is 50.2 Å². The SMILES string of the molecule is CCC(C)(C)C(=O)OC1(C(C)C)CCCC1.CCC(C)(C)C(=O)OC1COC(=O)C1.CCC(C)(C)C(=O)OCC(=O)OC1C2CC3C1OS(=O)(=O)C3C2.CCC1(OC(=O)C(C)(C)CC)CC(C)(C)CC(C)(C)C1. The molecule has 6 unspecified atom stereocenters. The fraction of sp³-hybridized carbons (Fsp3) is 0.895. The summed E-state index contributed by atoms with van der Waals surface area (Å²) in [5, 5.41) is -0.448. The lowest BCUT2D eigenvalue weighted by atomic mass is 9.59. The fourth-order valence-electron chi connectivity index (χ4n) is 11.1. The van der Waals surface area contributed by atoms with Crippen molar-refractivity contribution in [3.8, 4) is 0 Å². The van der Waals surface area contributed by atoms with E-state index in [9.17, 15) is 37.2 Å². The largest absolute Gasteiger partial charge is 0.462 e. The lowest BCUT2D eigenvalue weighted by Gasteiger charge is -2.51. The summed E-state index contributed by atoms with van der Waals surface area (Å²) in [5.74, 6) is -1.37. The van der Waals surface area contributed by atoms with Gasteiger partial charge in [0.15, 0.2) is 6.61 Å². The molecule has 2 aliphatic heterocycles. The summed E-state index contributed by atoms with van der Waals surface area (Å²) >= 11 is 0. The Labute approximate surface area is 440 Å². The van der Waals surface area contributed by atoms with Gasteiger partial charge >= 0.3 is 35.8 Å². The van der Waals surface area contributed by atoms with Crippen LogP contribution in [0.4, 0.5) is 0 Å². The first-order chi connectivity index (χ1) is 33.3. The highest BCUT2D eigenvalue weighted by atomic mass is 32.2. The molecular formula is C57H98O15S. The minimum absolute atomic E-state index is 0.0130. The van der Waals surface area contributed by atoms with Crippen molar-refractivity contribution in [3.05, 3.63) is 0 Å². The molecule has 16 heteroatoms. The molecule has 2 saturated heterocycles. The lowest BCUT2D eigenvalue weighted by Crippen LogP contribution is -2.50. The van der Waals surface area contributed by atoms with Crippen LogP contribution in [-0.4, -0.2) is 92.2 Å². The molecule has 6 fully saturated rings. The van der Waals surface area contributed by atoms with Gasteiger partial charge in [-0.1, -0.05) is 76.2 Å². The smallest absolute Gasteiger partial charge is 0.344 e. The molecule has 0 aromatic rings. The number of hydrogen-bond acceptors (Lipinski definition) is 15. The summed E-state index contributed by atoms with van der Waals surface area (Å²) in [4.78, 5) is 70.7. The average molecular weight is 1060 g/mol. The van der Waals surface area contributed by atoms with Crippen molar-refractivity contribution in [1.29, 1.82) is 0 Å². The van der Waals surface area contributed by atoms with Crippen LogP contribution in [0.25, 0.3) is 0 Å². The maximum Gasteiger partial charge on any atom is 0.344 e. The molecular weight excluding hydrogens is 957 g/mol. The molecule has 0 radical (unpaired) electrons. The molecule has 422 valence electrons. The first-order valence-electron chi connectivity index (χ1n) is 27.4. The predicted molar refractivity (Wildman–Crippen MR) is 279 cm³/mol. The highest BCUT2D eigenvalue weighted by Gasteiger charge is 2.65. The third-order valence-electron chi connectivity index (χ3n) is 17.2. The van der Waals surface area contributed by atoms with Gasteiger partial charge in [0, 0.05) is 11.8 Å². The zero-order valence-electron chi connectivity index (χ0n) is 48.6. The zero-order chi connectivity index (χ0) is 56.0. The van der Waals surface area contributed by atoms with Crippen LogP contribution >= 0.6 is 0 Å². The number of ether oxygens (including phenoxy) is 6. The van der Waals surface area contributed by atoms with E-state index >= 15 is 0 Å². The Hall–Kier alpha value is -3.27. The zero-order valence-corrected chi connectivity index (χ0v) is 49.4. The third kappa shape index (κ3) is 16.6. The maximum absolute atomic E-state index is 12.5. The Morgan fingerprint density at radius 1 is 0.671 bits per heavy atom. The van der Waals surface area contributed by atoms with Crippen molar-refractivity contribution in [1.82, 2.24) is 0 Å². The Morgan fingerprint density at radius 2 is 1.15 bits per heavy atom. The van der Waals surface area contributed by atoms with Crippen LogP contribution in [0.3, 0.4) is 0 Å². The van der Waals surface area contributed by atoms with Gasteiger partial charge in [0.25, 0.3) is 10.1 Å². The first-order valence-corrected chi connectivity index (χ1v) is 28.9. The van der Waals surface area contributed by atoms with Gasteiger partial charge in [-0.25, -0.2) is 4.79 Å². The van der Waals surface area contributed by atoms with Crippen LogP contribution in [0, 0.1) is 50.2 Å². The van der Waals surface area contributed by atoms with Crippen molar-refractivity contribution < 1.29 is 69.8 Å². The van der Waals surface area contributed by atoms with Gasteiger partial charge in [-0.15, -0.1) is 0 Å². The van der Waals surface area contributed by atoms with E-state index < -0.39 is 57.0 Å². The van der Waals surface area contributed by atoms with Crippen molar-refractivity contribution in [2.75, 3.05) is 13.2 Å². The fourth-order valence-corrected chi connectivity index (χ4v) is 12.9. The van der Waals surface area contributed by atoms with E-state index in [4.69, 9.17) is 32.6 Å². The number of carbonyl (C=O) groups excluding carboxylic acids is 6. The Bertz CT molecular complexity index is 2020. The minimum atomic E-state index is -3.53. The Morgan fingerprint density at radius 3 is 1.60 bits per heavy atom. The van der Waals surface area contributed by atoms with Crippen LogP contribution < -0.4 is 0 Å². The number of rotatable bonds is 16. The molecule has 2 bridgehead atoms. The molecule has 0 aromatic carbocycles. The van der Waals surface area contributed by atoms with Crippen LogP contribution in [0.5, 0.6) is 0 Å². The van der Waals surface area contributed by atoms with E-state index in [-0.39, 0.29) is 87.7 Å². The topological polar surface area (TPSA) is 201 Å². The lowest BCUT2D eigenvalue weighted by molar-refractivity contribution is -0.186. The van der Waals surface area contributed by atoms with Gasteiger partial charge in [-0.2, -0.15) is 8.42 Å². The van der Waals surface area contributed by atoms with Crippen LogP contribution in [-0.2, 0) is 71.5 Å². The molecule has 73 heavy (non-hydrogen) atoms. The molecule has 0 spiro atoms. The summed E-state index contributed by atoms with van der Waals surface area (Å²) in [6.07, 6.45) is 11.3. The molecule has 2 heterocycles.